The molecule has 1 heterocycles. The molecule has 0 spiro atoms. The lowest BCUT2D eigenvalue weighted by atomic mass is 9.94. The lowest BCUT2D eigenvalue weighted by Crippen LogP contribution is -2.40. The molecule has 76 valence electrons. The van der Waals surface area contributed by atoms with Crippen molar-refractivity contribution in [2.45, 2.75) is 32.2 Å². The zero-order chi connectivity index (χ0) is 9.68. The summed E-state index contributed by atoms with van der Waals surface area (Å²) in [5.74, 6) is 0.821. The second-order valence-electron chi connectivity index (χ2n) is 4.06. The van der Waals surface area contributed by atoms with Gasteiger partial charge in [-0.05, 0) is 45.2 Å². The Bertz CT molecular complexity index is 154. The molecule has 2 atom stereocenters. The molecule has 0 aromatic carbocycles. The number of hydrogen-bond acceptors (Lipinski definition) is 2. The summed E-state index contributed by atoms with van der Waals surface area (Å²) in [6, 6.07) is 0.528. The lowest BCUT2D eigenvalue weighted by molar-refractivity contribution is 0.149. The number of likely N-dealkylation sites (tertiary alicyclic amines) is 1. The molecule has 0 saturated carbocycles. The molecule has 0 amide bonds. The first-order valence-corrected chi connectivity index (χ1v) is 5.34. The Morgan fingerprint density at radius 3 is 3.08 bits per heavy atom. The van der Waals surface area contributed by atoms with Crippen LogP contribution < -0.4 is 5.73 Å². The highest BCUT2D eigenvalue weighted by molar-refractivity contribution is 4.87. The molecule has 0 radical (unpaired) electrons. The van der Waals surface area contributed by atoms with Gasteiger partial charge in [-0.1, -0.05) is 6.08 Å². The number of nitrogens with two attached hydrogens (primary N) is 1. The summed E-state index contributed by atoms with van der Waals surface area (Å²) in [5, 5.41) is 0. The van der Waals surface area contributed by atoms with E-state index in [1.54, 1.807) is 0 Å². The Morgan fingerprint density at radius 2 is 2.46 bits per heavy atom. The van der Waals surface area contributed by atoms with Crippen molar-refractivity contribution >= 4 is 0 Å². The molecule has 2 heteroatoms. The van der Waals surface area contributed by atoms with Gasteiger partial charge in [0.15, 0.2) is 0 Å². The van der Waals surface area contributed by atoms with E-state index < -0.39 is 0 Å². The van der Waals surface area contributed by atoms with Crippen LogP contribution in [0.4, 0.5) is 0 Å². The van der Waals surface area contributed by atoms with E-state index in [1.165, 1.54) is 32.4 Å². The fraction of sp³-hybridized carbons (Fsp3) is 0.818. The van der Waals surface area contributed by atoms with Crippen LogP contribution in [0.5, 0.6) is 0 Å². The minimum atomic E-state index is 0.528. The quantitative estimate of drug-likeness (QED) is 0.669. The van der Waals surface area contributed by atoms with Gasteiger partial charge in [-0.15, -0.1) is 6.58 Å². The number of hydrogen-bond donors (Lipinski definition) is 1. The molecule has 13 heavy (non-hydrogen) atoms. The van der Waals surface area contributed by atoms with Crippen LogP contribution in [-0.2, 0) is 0 Å². The van der Waals surface area contributed by atoms with Gasteiger partial charge in [-0.2, -0.15) is 0 Å². The minimum Gasteiger partial charge on any atom is -0.330 e. The van der Waals surface area contributed by atoms with Crippen LogP contribution in [0.1, 0.15) is 26.2 Å². The van der Waals surface area contributed by atoms with E-state index >= 15 is 0 Å². The van der Waals surface area contributed by atoms with Crippen LogP contribution in [-0.4, -0.2) is 30.6 Å². The van der Waals surface area contributed by atoms with Crippen LogP contribution in [0.2, 0.25) is 0 Å². The lowest BCUT2D eigenvalue weighted by Gasteiger charge is -2.35. The molecule has 2 unspecified atom stereocenters. The van der Waals surface area contributed by atoms with Crippen molar-refractivity contribution in [3.63, 3.8) is 0 Å². The van der Waals surface area contributed by atoms with E-state index in [-0.39, 0.29) is 0 Å². The first kappa shape index (κ1) is 10.7. The fourth-order valence-electron chi connectivity index (χ4n) is 2.09. The van der Waals surface area contributed by atoms with Gasteiger partial charge in [0, 0.05) is 12.6 Å². The van der Waals surface area contributed by atoms with Crippen molar-refractivity contribution in [3.05, 3.63) is 12.7 Å². The number of nitrogens with zero attached hydrogens (tertiary/aromatic N) is 1. The number of piperidine rings is 1. The smallest absolute Gasteiger partial charge is 0.0247 e. The molecule has 1 aliphatic rings. The van der Waals surface area contributed by atoms with Gasteiger partial charge < -0.3 is 5.73 Å². The van der Waals surface area contributed by atoms with Crippen LogP contribution in [0, 0.1) is 5.92 Å². The molecule has 0 aromatic rings. The summed E-state index contributed by atoms with van der Waals surface area (Å²) >= 11 is 0. The van der Waals surface area contributed by atoms with Gasteiger partial charge in [0.2, 0.25) is 0 Å². The monoisotopic (exact) mass is 182 g/mol. The summed E-state index contributed by atoms with van der Waals surface area (Å²) < 4.78 is 0. The molecular weight excluding hydrogens is 160 g/mol. The summed E-state index contributed by atoms with van der Waals surface area (Å²) in [4.78, 5) is 2.51. The van der Waals surface area contributed by atoms with Crippen molar-refractivity contribution in [2.24, 2.45) is 11.7 Å². The topological polar surface area (TPSA) is 29.3 Å². The van der Waals surface area contributed by atoms with Crippen molar-refractivity contribution in [3.8, 4) is 0 Å². The van der Waals surface area contributed by atoms with E-state index in [2.05, 4.69) is 18.4 Å². The molecule has 0 bridgehead atoms. The Balaban J connectivity index is 2.36. The maximum atomic E-state index is 5.57. The van der Waals surface area contributed by atoms with Gasteiger partial charge in [0.1, 0.15) is 0 Å². The normalized spacial score (nSPS) is 27.1. The zero-order valence-electron chi connectivity index (χ0n) is 8.71. The average Bonchev–Trinajstić information content (AvgIpc) is 2.18. The van der Waals surface area contributed by atoms with Gasteiger partial charge in [0.25, 0.3) is 0 Å². The second kappa shape index (κ2) is 5.40. The number of rotatable bonds is 4. The van der Waals surface area contributed by atoms with E-state index in [4.69, 9.17) is 5.73 Å². The maximum absolute atomic E-state index is 5.57. The molecule has 2 nitrogen and oxygen atoms in total. The van der Waals surface area contributed by atoms with Gasteiger partial charge in [-0.3, -0.25) is 4.90 Å². The van der Waals surface area contributed by atoms with Gasteiger partial charge in [-0.25, -0.2) is 0 Å². The van der Waals surface area contributed by atoms with Gasteiger partial charge in [0.05, 0.1) is 0 Å². The maximum Gasteiger partial charge on any atom is 0.0247 e. The second-order valence-corrected chi connectivity index (χ2v) is 4.06. The minimum absolute atomic E-state index is 0.528. The largest absolute Gasteiger partial charge is 0.330 e. The van der Waals surface area contributed by atoms with E-state index in [0.717, 1.165) is 12.5 Å². The third-order valence-electron chi connectivity index (χ3n) is 3.04. The van der Waals surface area contributed by atoms with E-state index in [0.29, 0.717) is 6.04 Å². The summed E-state index contributed by atoms with van der Waals surface area (Å²) in [5.41, 5.74) is 5.57. The Kier molecular flexibility index (Phi) is 4.46. The first-order chi connectivity index (χ1) is 6.27. The van der Waals surface area contributed by atoms with Crippen molar-refractivity contribution in [1.29, 1.82) is 0 Å². The Hall–Kier alpha value is -0.340. The van der Waals surface area contributed by atoms with Gasteiger partial charge >= 0.3 is 0 Å². The standard InChI is InChI=1S/C11H22N2/c1-3-10(2)13-8-4-5-11(9-13)6-7-12/h3,10-11H,1,4-9,12H2,2H3. The molecule has 0 aromatic heterocycles. The predicted octanol–water partition coefficient (Wildman–Crippen LogP) is 1.62. The highest BCUT2D eigenvalue weighted by atomic mass is 15.2. The summed E-state index contributed by atoms with van der Waals surface area (Å²) in [7, 11) is 0. The molecule has 1 aliphatic heterocycles. The van der Waals surface area contributed by atoms with E-state index in [9.17, 15) is 0 Å². The zero-order valence-corrected chi connectivity index (χ0v) is 8.71. The van der Waals surface area contributed by atoms with Crippen LogP contribution in [0.3, 0.4) is 0 Å². The predicted molar refractivity (Wildman–Crippen MR) is 57.6 cm³/mol. The Labute approximate surface area is 81.8 Å². The molecule has 0 aliphatic carbocycles. The summed E-state index contributed by atoms with van der Waals surface area (Å²) in [6.07, 6.45) is 5.89. The molecular formula is C11H22N2. The van der Waals surface area contributed by atoms with Crippen LogP contribution in [0.15, 0.2) is 12.7 Å². The highest BCUT2D eigenvalue weighted by Crippen LogP contribution is 2.20. The first-order valence-electron chi connectivity index (χ1n) is 5.34. The van der Waals surface area contributed by atoms with Crippen LogP contribution >= 0.6 is 0 Å². The molecule has 1 saturated heterocycles. The Morgan fingerprint density at radius 1 is 1.69 bits per heavy atom. The molecule has 2 N–H and O–H groups in total. The third-order valence-corrected chi connectivity index (χ3v) is 3.04. The highest BCUT2D eigenvalue weighted by Gasteiger charge is 2.21. The third kappa shape index (κ3) is 3.12. The van der Waals surface area contributed by atoms with Crippen molar-refractivity contribution in [2.75, 3.05) is 19.6 Å². The van der Waals surface area contributed by atoms with Crippen LogP contribution in [0.25, 0.3) is 0 Å². The SMILES string of the molecule is C=CC(C)N1CCCC(CCN)C1. The fourth-order valence-corrected chi connectivity index (χ4v) is 2.09. The van der Waals surface area contributed by atoms with Crippen molar-refractivity contribution in [1.82, 2.24) is 4.90 Å². The molecule has 1 rings (SSSR count). The van der Waals surface area contributed by atoms with Crippen molar-refractivity contribution < 1.29 is 0 Å². The summed E-state index contributed by atoms with van der Waals surface area (Å²) in [6.45, 7) is 9.34. The molecule has 1 fully saturated rings. The average molecular weight is 182 g/mol. The van der Waals surface area contributed by atoms with E-state index in [1.807, 2.05) is 6.08 Å².